The van der Waals surface area contributed by atoms with Gasteiger partial charge in [-0.25, -0.2) is 13.8 Å². The second-order valence-electron chi connectivity index (χ2n) is 13.4. The van der Waals surface area contributed by atoms with E-state index in [9.17, 15) is 18.8 Å². The summed E-state index contributed by atoms with van der Waals surface area (Å²) in [5.74, 6) is -2.41. The first-order valence-corrected chi connectivity index (χ1v) is 18.6. The molecule has 6 aromatic rings. The molecule has 2 N–H and O–H groups in total. The highest BCUT2D eigenvalue weighted by molar-refractivity contribution is 6.34. The second kappa shape index (κ2) is 17.4. The Kier molecular flexibility index (Phi) is 11.8. The van der Waals surface area contributed by atoms with E-state index in [2.05, 4.69) is 15.6 Å². The Morgan fingerprint density at radius 1 is 0.839 bits per heavy atom. The van der Waals surface area contributed by atoms with Crippen molar-refractivity contribution in [2.45, 2.75) is 44.9 Å². The predicted octanol–water partition coefficient (Wildman–Crippen LogP) is 10.2. The number of nitrogens with zero attached hydrogens (tertiary/aromatic N) is 2. The van der Waals surface area contributed by atoms with E-state index in [0.717, 1.165) is 49.3 Å². The summed E-state index contributed by atoms with van der Waals surface area (Å²) < 4.78 is 42.2. The Morgan fingerprint density at radius 3 is 2.18 bits per heavy atom. The largest absolute Gasteiger partial charge is 0.453 e. The summed E-state index contributed by atoms with van der Waals surface area (Å²) >= 11 is 6.76. The quantitative estimate of drug-likeness (QED) is 0.119. The number of hydrogen-bond donors (Lipinski definition) is 2. The van der Waals surface area contributed by atoms with Gasteiger partial charge in [0.15, 0.2) is 24.0 Å². The number of halogens is 3. The molecule has 0 radical (unpaired) electrons. The maximum absolute atomic E-state index is 15.6. The van der Waals surface area contributed by atoms with Crippen LogP contribution in [0.2, 0.25) is 5.02 Å². The van der Waals surface area contributed by atoms with Gasteiger partial charge in [0.2, 0.25) is 5.43 Å². The van der Waals surface area contributed by atoms with E-state index in [4.69, 9.17) is 21.1 Å². The van der Waals surface area contributed by atoms with Gasteiger partial charge in [-0.2, -0.15) is 0 Å². The number of aromatic nitrogens is 2. The molecular formula is C44H37ClF2N4O5. The van der Waals surface area contributed by atoms with Gasteiger partial charge < -0.3 is 24.7 Å². The van der Waals surface area contributed by atoms with E-state index in [1.54, 1.807) is 0 Å². The van der Waals surface area contributed by atoms with Crippen LogP contribution in [0.5, 0.6) is 11.5 Å². The third kappa shape index (κ3) is 8.96. The molecule has 1 aliphatic rings. The summed E-state index contributed by atoms with van der Waals surface area (Å²) in [4.78, 5) is 44.4. The second-order valence-corrected chi connectivity index (χ2v) is 13.8. The zero-order chi connectivity index (χ0) is 39.0. The standard InChI is InChI=1S/C44H37ClF2N4O5/c45-39-38(22-23-48-42(39)50-40(29-10-4-1-5-11-29)30-12-6-2-7-13-30)56-37-21-20-33(24-36(37)47)49-43(53)35-26-51(27-55-44(54)31-14-8-3-9-15-31)25-34(41(35)52)28-16-18-32(46)19-17-28/h1-2,4-7,10-13,16-26,31,40H,3,8-9,14-15,27H2,(H,48,50)(H,49,53). The smallest absolute Gasteiger partial charge is 0.310 e. The molecule has 1 fully saturated rings. The maximum Gasteiger partial charge on any atom is 0.310 e. The Labute approximate surface area is 326 Å². The third-order valence-electron chi connectivity index (χ3n) is 9.58. The van der Waals surface area contributed by atoms with E-state index in [-0.39, 0.29) is 58.0 Å². The average molecular weight is 775 g/mol. The lowest BCUT2D eigenvalue weighted by atomic mass is 9.89. The number of carbonyl (C=O) groups is 2. The highest BCUT2D eigenvalue weighted by atomic mass is 35.5. The summed E-state index contributed by atoms with van der Waals surface area (Å²) in [6.45, 7) is -0.251. The molecule has 1 amide bonds. The Morgan fingerprint density at radius 2 is 1.52 bits per heavy atom. The normalized spacial score (nSPS) is 12.9. The fourth-order valence-corrected chi connectivity index (χ4v) is 6.87. The summed E-state index contributed by atoms with van der Waals surface area (Å²) in [6, 6.07) is 29.8. The van der Waals surface area contributed by atoms with Gasteiger partial charge in [0.25, 0.3) is 5.91 Å². The first kappa shape index (κ1) is 38.0. The number of pyridine rings is 2. The molecule has 7 rings (SSSR count). The molecule has 0 aliphatic heterocycles. The van der Waals surface area contributed by atoms with Gasteiger partial charge in [-0.05, 0) is 53.8 Å². The zero-order valence-corrected chi connectivity index (χ0v) is 30.8. The number of hydrogen-bond acceptors (Lipinski definition) is 7. The van der Waals surface area contributed by atoms with Crippen molar-refractivity contribution in [3.63, 3.8) is 0 Å². The van der Waals surface area contributed by atoms with Crippen LogP contribution < -0.4 is 20.8 Å². The lowest BCUT2D eigenvalue weighted by Gasteiger charge is -2.21. The van der Waals surface area contributed by atoms with Crippen LogP contribution in [0.3, 0.4) is 0 Å². The molecule has 9 nitrogen and oxygen atoms in total. The minimum atomic E-state index is -0.835. The Bertz CT molecular complexity index is 2350. The van der Waals surface area contributed by atoms with Crippen LogP contribution in [0.1, 0.15) is 59.6 Å². The summed E-state index contributed by atoms with van der Waals surface area (Å²) in [5, 5.41) is 6.09. The fourth-order valence-electron chi connectivity index (χ4n) is 6.67. The molecule has 284 valence electrons. The molecule has 12 heteroatoms. The Balaban J connectivity index is 1.09. The summed E-state index contributed by atoms with van der Waals surface area (Å²) in [6.07, 6.45) is 8.67. The third-order valence-corrected chi connectivity index (χ3v) is 9.95. The lowest BCUT2D eigenvalue weighted by Crippen LogP contribution is -2.26. The van der Waals surface area contributed by atoms with Crippen LogP contribution in [0, 0.1) is 17.6 Å². The fraction of sp³-hybridized carbons (Fsp3) is 0.182. The van der Waals surface area contributed by atoms with Crippen LogP contribution in [0.15, 0.2) is 133 Å². The molecule has 4 aromatic carbocycles. The number of ether oxygens (including phenoxy) is 2. The summed E-state index contributed by atoms with van der Waals surface area (Å²) in [5.41, 5.74) is 1.49. The SMILES string of the molecule is O=C(Nc1ccc(Oc2ccnc(NC(c3ccccc3)c3ccccc3)c2Cl)c(F)c1)c1cn(COC(=O)C2CCCCC2)cc(-c2ccc(F)cc2)c1=O. The van der Waals surface area contributed by atoms with Gasteiger partial charge in [-0.3, -0.25) is 14.4 Å². The van der Waals surface area contributed by atoms with Crippen molar-refractivity contribution >= 4 is 35.0 Å². The molecule has 1 saturated carbocycles. The number of nitrogens with one attached hydrogen (secondary N) is 2. The molecule has 2 heterocycles. The van der Waals surface area contributed by atoms with Crippen LogP contribution >= 0.6 is 11.6 Å². The number of anilines is 2. The van der Waals surface area contributed by atoms with Crippen molar-refractivity contribution in [1.29, 1.82) is 0 Å². The lowest BCUT2D eigenvalue weighted by molar-refractivity contribution is -0.153. The van der Waals surface area contributed by atoms with E-state index < -0.39 is 23.0 Å². The topological polar surface area (TPSA) is 112 Å². The van der Waals surface area contributed by atoms with Crippen molar-refractivity contribution in [2.24, 2.45) is 5.92 Å². The Hall–Kier alpha value is -6.33. The van der Waals surface area contributed by atoms with Gasteiger partial charge >= 0.3 is 5.97 Å². The van der Waals surface area contributed by atoms with Crippen LogP contribution in [-0.4, -0.2) is 21.4 Å². The number of esters is 1. The van der Waals surface area contributed by atoms with Crippen molar-refractivity contribution in [3.05, 3.63) is 171 Å². The van der Waals surface area contributed by atoms with Crippen molar-refractivity contribution in [1.82, 2.24) is 9.55 Å². The molecule has 56 heavy (non-hydrogen) atoms. The first-order chi connectivity index (χ1) is 27.2. The number of amides is 1. The van der Waals surface area contributed by atoms with Crippen LogP contribution in [-0.2, 0) is 16.3 Å². The van der Waals surface area contributed by atoms with Crippen LogP contribution in [0.4, 0.5) is 20.3 Å². The molecule has 0 saturated heterocycles. The molecule has 0 spiro atoms. The van der Waals surface area contributed by atoms with Gasteiger partial charge in [0, 0.05) is 42.0 Å². The minimum absolute atomic E-state index is 0.0402. The molecule has 0 bridgehead atoms. The van der Waals surface area contributed by atoms with Gasteiger partial charge in [0.1, 0.15) is 22.2 Å². The maximum atomic E-state index is 15.6. The highest BCUT2D eigenvalue weighted by Crippen LogP contribution is 2.37. The number of carbonyl (C=O) groups excluding carboxylic acids is 2. The van der Waals surface area contributed by atoms with Crippen molar-refractivity contribution < 1.29 is 27.8 Å². The highest BCUT2D eigenvalue weighted by Gasteiger charge is 2.24. The van der Waals surface area contributed by atoms with E-state index >= 15 is 4.39 Å². The molecule has 0 unspecified atom stereocenters. The molecular weight excluding hydrogens is 738 g/mol. The van der Waals surface area contributed by atoms with Gasteiger partial charge in [-0.15, -0.1) is 0 Å². The number of rotatable bonds is 12. The molecule has 2 aromatic heterocycles. The minimum Gasteiger partial charge on any atom is -0.453 e. The van der Waals surface area contributed by atoms with E-state index in [1.807, 2.05) is 60.7 Å². The monoisotopic (exact) mass is 774 g/mol. The summed E-state index contributed by atoms with van der Waals surface area (Å²) in [7, 11) is 0. The van der Waals surface area contributed by atoms with Gasteiger partial charge in [0.05, 0.1) is 12.0 Å². The first-order valence-electron chi connectivity index (χ1n) is 18.2. The predicted molar refractivity (Wildman–Crippen MR) is 211 cm³/mol. The van der Waals surface area contributed by atoms with Crippen molar-refractivity contribution in [3.8, 4) is 22.6 Å². The molecule has 1 aliphatic carbocycles. The zero-order valence-electron chi connectivity index (χ0n) is 30.1. The van der Waals surface area contributed by atoms with Crippen LogP contribution in [0.25, 0.3) is 11.1 Å². The number of benzene rings is 4. The van der Waals surface area contributed by atoms with Crippen molar-refractivity contribution in [2.75, 3.05) is 10.6 Å². The molecule has 0 atom stereocenters. The van der Waals surface area contributed by atoms with Gasteiger partial charge in [-0.1, -0.05) is 104 Å². The van der Waals surface area contributed by atoms with E-state index in [0.29, 0.717) is 11.4 Å². The van der Waals surface area contributed by atoms with E-state index in [1.165, 1.54) is 65.6 Å². The average Bonchev–Trinajstić information content (AvgIpc) is 3.22.